The highest BCUT2D eigenvalue weighted by Gasteiger charge is 2.22. The topological polar surface area (TPSA) is 0 Å². The van der Waals surface area contributed by atoms with Crippen LogP contribution in [-0.2, 0) is 0 Å². The molecule has 0 saturated carbocycles. The molecule has 0 N–H and O–H groups in total. The van der Waals surface area contributed by atoms with Crippen LogP contribution in [0.4, 0.5) is 0 Å². The average Bonchev–Trinajstić information content (AvgIpc) is 3.02. The Balaban J connectivity index is 1.68. The second-order valence-corrected chi connectivity index (χ2v) is 11.2. The van der Waals surface area contributed by atoms with E-state index in [2.05, 4.69) is 143 Å². The Morgan fingerprint density at radius 2 is 0.854 bits per heavy atom. The van der Waals surface area contributed by atoms with E-state index in [1.54, 1.807) is 0 Å². The second kappa shape index (κ2) is 9.79. The lowest BCUT2D eigenvalue weighted by molar-refractivity contribution is 1.28. The Bertz CT molecular complexity index is 2050. The molecule has 0 fully saturated rings. The van der Waals surface area contributed by atoms with E-state index in [-0.39, 0.29) is 0 Å². The first-order valence-electron chi connectivity index (χ1n) is 14.3. The van der Waals surface area contributed by atoms with E-state index < -0.39 is 0 Å². The van der Waals surface area contributed by atoms with Crippen LogP contribution in [0.15, 0.2) is 115 Å². The molecule has 0 aromatic heterocycles. The van der Waals surface area contributed by atoms with Crippen LogP contribution in [0, 0.1) is 27.7 Å². The molecular weight excluding hydrogens is 491 g/mol. The van der Waals surface area contributed by atoms with Crippen LogP contribution >= 0.6 is 0 Å². The van der Waals surface area contributed by atoms with Gasteiger partial charge in [-0.25, -0.2) is 0 Å². The normalized spacial score (nSPS) is 11.5. The maximum Gasteiger partial charge on any atom is 0.114 e. The van der Waals surface area contributed by atoms with Crippen molar-refractivity contribution in [1.82, 2.24) is 0 Å². The maximum atomic E-state index is 6.57. The summed E-state index contributed by atoms with van der Waals surface area (Å²) in [5.41, 5.74) is 13.3. The number of hydrogen-bond donors (Lipinski definition) is 0. The smallest absolute Gasteiger partial charge is 0.0904 e. The zero-order valence-electron chi connectivity index (χ0n) is 24.0. The maximum absolute atomic E-state index is 6.57. The number of fused-ring (bicyclic) bond motifs is 3. The molecule has 0 amide bonds. The van der Waals surface area contributed by atoms with Crippen molar-refractivity contribution in [3.63, 3.8) is 0 Å². The molecule has 0 saturated heterocycles. The van der Waals surface area contributed by atoms with E-state index in [0.29, 0.717) is 0 Å². The Labute approximate surface area is 243 Å². The Hall–Kier alpha value is -4.62. The average molecular weight is 523 g/mol. The molecule has 7 rings (SSSR count). The van der Waals surface area contributed by atoms with Crippen LogP contribution in [0.25, 0.3) is 65.7 Å². The summed E-state index contributed by atoms with van der Waals surface area (Å²) in [6.07, 6.45) is 0. The van der Waals surface area contributed by atoms with Crippen LogP contribution < -0.4 is 5.46 Å². The van der Waals surface area contributed by atoms with E-state index in [9.17, 15) is 0 Å². The molecular formula is C40H31B. The largest absolute Gasteiger partial charge is 0.114 e. The molecule has 0 heterocycles. The third-order valence-corrected chi connectivity index (χ3v) is 9.10. The molecule has 0 nitrogen and oxygen atoms in total. The highest BCUT2D eigenvalue weighted by Crippen LogP contribution is 2.47. The van der Waals surface area contributed by atoms with Gasteiger partial charge in [0.25, 0.3) is 0 Å². The summed E-state index contributed by atoms with van der Waals surface area (Å²) in [6, 6.07) is 42.1. The molecule has 7 aromatic carbocycles. The Morgan fingerprint density at radius 1 is 0.390 bits per heavy atom. The van der Waals surface area contributed by atoms with Gasteiger partial charge in [0.2, 0.25) is 0 Å². The lowest BCUT2D eigenvalue weighted by atomic mass is 9.76. The van der Waals surface area contributed by atoms with Crippen molar-refractivity contribution in [3.05, 3.63) is 138 Å². The summed E-state index contributed by atoms with van der Waals surface area (Å²) in [6.45, 7) is 8.75. The molecule has 0 bridgehead atoms. The first kappa shape index (κ1) is 25.4. The number of rotatable bonds is 3. The summed E-state index contributed by atoms with van der Waals surface area (Å²) in [5, 5.41) is 7.58. The highest BCUT2D eigenvalue weighted by molar-refractivity contribution is 6.35. The summed E-state index contributed by atoms with van der Waals surface area (Å²) < 4.78 is 0. The van der Waals surface area contributed by atoms with E-state index in [0.717, 1.165) is 5.46 Å². The molecule has 194 valence electrons. The fourth-order valence-electron chi connectivity index (χ4n) is 6.72. The van der Waals surface area contributed by atoms with Crippen LogP contribution in [0.2, 0.25) is 0 Å². The molecule has 1 heteroatoms. The van der Waals surface area contributed by atoms with Crippen molar-refractivity contribution in [1.29, 1.82) is 0 Å². The predicted octanol–water partition coefficient (Wildman–Crippen LogP) is 10.2. The molecule has 0 unspecified atom stereocenters. The molecule has 0 atom stereocenters. The lowest BCUT2D eigenvalue weighted by Gasteiger charge is -2.24. The third kappa shape index (κ3) is 3.91. The minimum Gasteiger partial charge on any atom is -0.0904 e. The van der Waals surface area contributed by atoms with Gasteiger partial charge >= 0.3 is 0 Å². The second-order valence-electron chi connectivity index (χ2n) is 11.2. The molecule has 0 aliphatic heterocycles. The van der Waals surface area contributed by atoms with Gasteiger partial charge < -0.3 is 0 Å². The molecule has 0 spiro atoms. The predicted molar refractivity (Wildman–Crippen MR) is 180 cm³/mol. The van der Waals surface area contributed by atoms with Crippen molar-refractivity contribution >= 4 is 45.6 Å². The monoisotopic (exact) mass is 522 g/mol. The Morgan fingerprint density at radius 3 is 1.41 bits per heavy atom. The Kier molecular flexibility index (Phi) is 6.05. The highest BCUT2D eigenvalue weighted by atomic mass is 14.2. The lowest BCUT2D eigenvalue weighted by Crippen LogP contribution is -2.16. The number of hydrogen-bond acceptors (Lipinski definition) is 0. The molecule has 2 radical (unpaired) electrons. The van der Waals surface area contributed by atoms with E-state index in [1.807, 2.05) is 0 Å². The van der Waals surface area contributed by atoms with Crippen LogP contribution in [0.5, 0.6) is 0 Å². The molecule has 7 aromatic rings. The van der Waals surface area contributed by atoms with E-state index in [1.165, 1.54) is 88.0 Å². The zero-order chi connectivity index (χ0) is 28.2. The van der Waals surface area contributed by atoms with Crippen molar-refractivity contribution in [2.45, 2.75) is 27.7 Å². The van der Waals surface area contributed by atoms with Gasteiger partial charge in [-0.3, -0.25) is 0 Å². The van der Waals surface area contributed by atoms with Crippen molar-refractivity contribution < 1.29 is 0 Å². The van der Waals surface area contributed by atoms with Gasteiger partial charge in [-0.15, -0.1) is 0 Å². The molecule has 0 aliphatic rings. The zero-order valence-corrected chi connectivity index (χ0v) is 24.0. The fourth-order valence-corrected chi connectivity index (χ4v) is 6.72. The van der Waals surface area contributed by atoms with Gasteiger partial charge in [0.15, 0.2) is 0 Å². The minimum atomic E-state index is 0.901. The minimum absolute atomic E-state index is 0.901. The van der Waals surface area contributed by atoms with Crippen molar-refractivity contribution in [2.24, 2.45) is 0 Å². The van der Waals surface area contributed by atoms with Gasteiger partial charge in [0.05, 0.1) is 0 Å². The van der Waals surface area contributed by atoms with Crippen LogP contribution in [-0.4, -0.2) is 7.85 Å². The van der Waals surface area contributed by atoms with E-state index in [4.69, 9.17) is 7.85 Å². The molecule has 41 heavy (non-hydrogen) atoms. The quantitative estimate of drug-likeness (QED) is 0.160. The summed E-state index contributed by atoms with van der Waals surface area (Å²) in [7, 11) is 6.57. The molecule has 0 aliphatic carbocycles. The van der Waals surface area contributed by atoms with Gasteiger partial charge in [-0.05, 0) is 117 Å². The van der Waals surface area contributed by atoms with Crippen molar-refractivity contribution in [3.8, 4) is 33.4 Å². The van der Waals surface area contributed by atoms with E-state index >= 15 is 0 Å². The standard InChI is InChI=1S/C40H31B/c1-24-26(3)40(41)27(4)25(2)37(24)39-34-20-12-10-18-32(34)38(33-19-11-13-21-35(33)39)36-23-30(28-14-6-5-7-15-28)22-29-16-8-9-17-31(29)36/h5-23H,1-4H3. The van der Waals surface area contributed by atoms with Gasteiger partial charge in [-0.2, -0.15) is 0 Å². The van der Waals surface area contributed by atoms with Crippen LogP contribution in [0.3, 0.4) is 0 Å². The summed E-state index contributed by atoms with van der Waals surface area (Å²) in [4.78, 5) is 0. The fraction of sp³-hybridized carbons (Fsp3) is 0.100. The van der Waals surface area contributed by atoms with Gasteiger partial charge in [0.1, 0.15) is 7.85 Å². The van der Waals surface area contributed by atoms with Crippen LogP contribution in [0.1, 0.15) is 22.3 Å². The SMILES string of the molecule is [B]c1c(C)c(C)c(-c2c3ccccc3c(-c3cc(-c4ccccc4)cc4ccccc34)c3ccccc23)c(C)c1C. The van der Waals surface area contributed by atoms with Gasteiger partial charge in [0, 0.05) is 0 Å². The van der Waals surface area contributed by atoms with Crippen molar-refractivity contribution in [2.75, 3.05) is 0 Å². The summed E-state index contributed by atoms with van der Waals surface area (Å²) >= 11 is 0. The summed E-state index contributed by atoms with van der Waals surface area (Å²) in [5.74, 6) is 0. The first-order valence-corrected chi connectivity index (χ1v) is 14.3. The van der Waals surface area contributed by atoms with Gasteiger partial charge in [-0.1, -0.05) is 120 Å². The first-order chi connectivity index (χ1) is 20.0. The number of benzene rings is 7. The third-order valence-electron chi connectivity index (χ3n) is 9.10.